The number of benzene rings is 2. The largest absolute Gasteiger partial charge is 0.489 e. The van der Waals surface area contributed by atoms with Gasteiger partial charge in [0.05, 0.1) is 10.9 Å². The van der Waals surface area contributed by atoms with Crippen LogP contribution in [0, 0.1) is 0 Å². The Kier molecular flexibility index (Phi) is 6.56. The molecule has 1 amide bonds. The van der Waals surface area contributed by atoms with Gasteiger partial charge in [0.1, 0.15) is 16.6 Å². The van der Waals surface area contributed by atoms with Crippen molar-refractivity contribution in [1.82, 2.24) is 4.31 Å². The van der Waals surface area contributed by atoms with Gasteiger partial charge in [-0.05, 0) is 42.0 Å². The molecule has 0 saturated heterocycles. The van der Waals surface area contributed by atoms with Gasteiger partial charge in [0.2, 0.25) is 12.7 Å². The molecule has 1 aliphatic rings. The summed E-state index contributed by atoms with van der Waals surface area (Å²) in [5.41, 5.74) is 1.36. The molecule has 32 heavy (non-hydrogen) atoms. The van der Waals surface area contributed by atoms with Gasteiger partial charge >= 0.3 is 0 Å². The van der Waals surface area contributed by atoms with Crippen molar-refractivity contribution in [3.63, 3.8) is 0 Å². The van der Waals surface area contributed by atoms with Gasteiger partial charge in [-0.2, -0.15) is 4.31 Å². The van der Waals surface area contributed by atoms with Crippen molar-refractivity contribution < 1.29 is 27.4 Å². The molecule has 11 heteroatoms. The highest BCUT2D eigenvalue weighted by Crippen LogP contribution is 2.35. The molecule has 0 radical (unpaired) electrons. The second-order valence-corrected chi connectivity index (χ2v) is 10.9. The number of sulfonamides is 1. The lowest BCUT2D eigenvalue weighted by Gasteiger charge is -2.16. The number of anilines is 1. The second kappa shape index (κ2) is 9.37. The predicted octanol–water partition coefficient (Wildman–Crippen LogP) is 3.97. The lowest BCUT2D eigenvalue weighted by Crippen LogP contribution is -2.34. The molecule has 1 aliphatic heterocycles. The van der Waals surface area contributed by atoms with E-state index in [4.69, 9.17) is 25.8 Å². The van der Waals surface area contributed by atoms with E-state index in [1.54, 1.807) is 36.4 Å². The number of ether oxygens (including phenoxy) is 3. The molecule has 1 N–H and O–H groups in total. The molecule has 1 aromatic heterocycles. The van der Waals surface area contributed by atoms with Gasteiger partial charge in [0.15, 0.2) is 11.5 Å². The topological polar surface area (TPSA) is 94.2 Å². The minimum atomic E-state index is -3.79. The van der Waals surface area contributed by atoms with Crippen LogP contribution in [-0.2, 0) is 21.4 Å². The zero-order chi connectivity index (χ0) is 22.7. The maximum Gasteiger partial charge on any atom is 0.252 e. The molecule has 0 unspecified atom stereocenters. The van der Waals surface area contributed by atoms with Crippen molar-refractivity contribution >= 4 is 44.6 Å². The van der Waals surface area contributed by atoms with E-state index in [0.29, 0.717) is 27.3 Å². The first kappa shape index (κ1) is 22.4. The van der Waals surface area contributed by atoms with Gasteiger partial charge in [0, 0.05) is 18.8 Å². The summed E-state index contributed by atoms with van der Waals surface area (Å²) in [5, 5.41) is 2.71. The number of halogens is 1. The third-order valence-electron chi connectivity index (χ3n) is 4.54. The Bertz CT molecular complexity index is 1240. The number of likely N-dealkylation sites (N-methyl/N-ethyl adjacent to an activating group) is 1. The molecule has 0 fully saturated rings. The van der Waals surface area contributed by atoms with Crippen molar-refractivity contribution in [2.45, 2.75) is 10.8 Å². The smallest absolute Gasteiger partial charge is 0.252 e. The maximum atomic E-state index is 12.5. The summed E-state index contributed by atoms with van der Waals surface area (Å²) in [6, 6.07) is 15.4. The molecule has 0 bridgehead atoms. The molecule has 0 saturated carbocycles. The first-order valence-corrected chi connectivity index (χ1v) is 12.1. The zero-order valence-electron chi connectivity index (χ0n) is 16.9. The van der Waals surface area contributed by atoms with E-state index in [1.165, 1.54) is 19.2 Å². The lowest BCUT2D eigenvalue weighted by molar-refractivity contribution is -0.116. The highest BCUT2D eigenvalue weighted by atomic mass is 35.5. The molecule has 168 valence electrons. The summed E-state index contributed by atoms with van der Waals surface area (Å²) in [6.07, 6.45) is 0. The summed E-state index contributed by atoms with van der Waals surface area (Å²) in [7, 11) is -2.44. The standard InChI is InChI=1S/C21H19ClN2O6S2/c1-24(32(26,27)21-8-7-19(22)31-21)11-20(25)23-15-4-2-3-14(9-15)12-28-16-5-6-17-18(10-16)30-13-29-17/h2-10H,11-13H2,1H3,(H,23,25). The molecular weight excluding hydrogens is 476 g/mol. The molecule has 4 rings (SSSR count). The summed E-state index contributed by atoms with van der Waals surface area (Å²) in [6.45, 7) is 0.130. The summed E-state index contributed by atoms with van der Waals surface area (Å²) in [4.78, 5) is 12.4. The minimum absolute atomic E-state index is 0.0838. The average Bonchev–Trinajstić information content (AvgIpc) is 3.41. The lowest BCUT2D eigenvalue weighted by atomic mass is 10.2. The predicted molar refractivity (Wildman–Crippen MR) is 121 cm³/mol. The van der Waals surface area contributed by atoms with E-state index in [2.05, 4.69) is 5.32 Å². The van der Waals surface area contributed by atoms with Crippen LogP contribution in [0.25, 0.3) is 0 Å². The fraction of sp³-hybridized carbons (Fsp3) is 0.190. The molecule has 2 heterocycles. The summed E-state index contributed by atoms with van der Waals surface area (Å²) >= 11 is 6.76. The van der Waals surface area contributed by atoms with Crippen LogP contribution in [0.2, 0.25) is 4.34 Å². The van der Waals surface area contributed by atoms with E-state index in [-0.39, 0.29) is 24.2 Å². The van der Waals surface area contributed by atoms with Crippen LogP contribution in [0.15, 0.2) is 58.8 Å². The van der Waals surface area contributed by atoms with Crippen LogP contribution in [0.4, 0.5) is 5.69 Å². The normalized spacial score (nSPS) is 12.7. The Hall–Kier alpha value is -2.79. The summed E-state index contributed by atoms with van der Waals surface area (Å²) in [5.74, 6) is 1.47. The quantitative estimate of drug-likeness (QED) is 0.509. The van der Waals surface area contributed by atoms with Crippen molar-refractivity contribution in [1.29, 1.82) is 0 Å². The Morgan fingerprint density at radius 1 is 1.16 bits per heavy atom. The van der Waals surface area contributed by atoms with Crippen LogP contribution in [0.5, 0.6) is 17.2 Å². The van der Waals surface area contributed by atoms with Gasteiger partial charge in [-0.1, -0.05) is 23.7 Å². The van der Waals surface area contributed by atoms with Gasteiger partial charge in [0.25, 0.3) is 10.0 Å². The van der Waals surface area contributed by atoms with Gasteiger partial charge in [-0.25, -0.2) is 8.42 Å². The third-order valence-corrected chi connectivity index (χ3v) is 8.04. The van der Waals surface area contributed by atoms with Crippen LogP contribution in [0.3, 0.4) is 0 Å². The first-order valence-electron chi connectivity index (χ1n) is 9.44. The highest BCUT2D eigenvalue weighted by Gasteiger charge is 2.24. The Balaban J connectivity index is 1.34. The Morgan fingerprint density at radius 2 is 1.97 bits per heavy atom. The van der Waals surface area contributed by atoms with Gasteiger partial charge in [-0.3, -0.25) is 4.79 Å². The number of rotatable bonds is 8. The highest BCUT2D eigenvalue weighted by molar-refractivity contribution is 7.91. The SMILES string of the molecule is CN(CC(=O)Nc1cccc(COc2ccc3c(c2)OCO3)c1)S(=O)(=O)c1ccc(Cl)s1. The van der Waals surface area contributed by atoms with Crippen molar-refractivity contribution in [3.8, 4) is 17.2 Å². The van der Waals surface area contributed by atoms with E-state index >= 15 is 0 Å². The van der Waals surface area contributed by atoms with Crippen molar-refractivity contribution in [2.75, 3.05) is 25.7 Å². The van der Waals surface area contributed by atoms with Crippen LogP contribution in [-0.4, -0.2) is 39.0 Å². The zero-order valence-corrected chi connectivity index (χ0v) is 19.3. The fourth-order valence-corrected chi connectivity index (χ4v) is 5.77. The molecule has 0 spiro atoms. The van der Waals surface area contributed by atoms with E-state index in [0.717, 1.165) is 21.2 Å². The van der Waals surface area contributed by atoms with Crippen LogP contribution in [0.1, 0.15) is 5.56 Å². The molecule has 2 aromatic carbocycles. The van der Waals surface area contributed by atoms with Crippen molar-refractivity contribution in [2.24, 2.45) is 0 Å². The second-order valence-electron chi connectivity index (χ2n) is 6.87. The summed E-state index contributed by atoms with van der Waals surface area (Å²) < 4.78 is 42.9. The van der Waals surface area contributed by atoms with Gasteiger partial charge in [-0.15, -0.1) is 11.3 Å². The number of nitrogens with one attached hydrogen (secondary N) is 1. The number of thiophene rings is 1. The molecule has 0 aliphatic carbocycles. The maximum absolute atomic E-state index is 12.5. The van der Waals surface area contributed by atoms with Gasteiger partial charge < -0.3 is 19.5 Å². The average molecular weight is 495 g/mol. The molecule has 0 atom stereocenters. The molecule has 3 aromatic rings. The Labute approximate surface area is 194 Å². The molecule has 8 nitrogen and oxygen atoms in total. The van der Waals surface area contributed by atoms with Crippen LogP contribution < -0.4 is 19.5 Å². The Morgan fingerprint density at radius 3 is 2.75 bits per heavy atom. The van der Waals surface area contributed by atoms with Crippen LogP contribution >= 0.6 is 22.9 Å². The van der Waals surface area contributed by atoms with E-state index in [9.17, 15) is 13.2 Å². The first-order chi connectivity index (χ1) is 15.3. The van der Waals surface area contributed by atoms with E-state index < -0.39 is 15.9 Å². The van der Waals surface area contributed by atoms with Crippen molar-refractivity contribution in [3.05, 3.63) is 64.5 Å². The fourth-order valence-electron chi connectivity index (χ4n) is 2.95. The number of fused-ring (bicyclic) bond motifs is 1. The monoisotopic (exact) mass is 494 g/mol. The number of hydrogen-bond acceptors (Lipinski definition) is 7. The number of hydrogen-bond donors (Lipinski definition) is 1. The number of amides is 1. The third kappa shape index (κ3) is 5.16. The minimum Gasteiger partial charge on any atom is -0.489 e. The number of carbonyl (C=O) groups excluding carboxylic acids is 1. The molecular formula is C21H19ClN2O6S2. The number of nitrogens with zero attached hydrogens (tertiary/aromatic N) is 1. The number of carbonyl (C=O) groups is 1. The van der Waals surface area contributed by atoms with E-state index in [1.807, 2.05) is 6.07 Å².